The van der Waals surface area contributed by atoms with E-state index in [9.17, 15) is 9.18 Å². The third-order valence-electron chi connectivity index (χ3n) is 4.60. The molecule has 0 aliphatic heterocycles. The van der Waals surface area contributed by atoms with Gasteiger partial charge in [0.05, 0.1) is 24.2 Å². The van der Waals surface area contributed by atoms with Crippen LogP contribution in [0, 0.1) is 5.82 Å². The van der Waals surface area contributed by atoms with Gasteiger partial charge in [-0.05, 0) is 47.5 Å². The second-order valence-electron chi connectivity index (χ2n) is 6.85. The van der Waals surface area contributed by atoms with Gasteiger partial charge in [0.25, 0.3) is 0 Å². The second kappa shape index (κ2) is 9.81. The molecule has 0 atom stereocenters. The second-order valence-corrected chi connectivity index (χ2v) is 8.23. The average molecular weight is 452 g/mol. The van der Waals surface area contributed by atoms with Crippen LogP contribution in [0.2, 0.25) is 5.02 Å². The van der Waals surface area contributed by atoms with Gasteiger partial charge in [0.2, 0.25) is 5.91 Å². The molecular weight excluding hydrogens is 433 g/mol. The lowest BCUT2D eigenvalue weighted by molar-refractivity contribution is -0.113. The first-order chi connectivity index (χ1) is 15.1. The molecule has 0 radical (unpaired) electrons. The van der Waals surface area contributed by atoms with Crippen LogP contribution in [0.15, 0.2) is 90.2 Å². The standard InChI is InChI=1S/C24H19ClFN3OS/c25-19-8-12-21(13-9-19)28-23(30)16-31-24-27-14-22(18-4-2-1-3-5-18)29(24)15-17-6-10-20(26)11-7-17/h1-14H,15-16H2,(H,28,30). The maximum absolute atomic E-state index is 13.3. The summed E-state index contributed by atoms with van der Waals surface area (Å²) in [7, 11) is 0. The highest BCUT2D eigenvalue weighted by Crippen LogP contribution is 2.27. The first kappa shape index (κ1) is 21.2. The molecule has 0 saturated heterocycles. The number of rotatable bonds is 7. The minimum absolute atomic E-state index is 0.134. The van der Waals surface area contributed by atoms with E-state index in [1.807, 2.05) is 34.9 Å². The Morgan fingerprint density at radius 1 is 1.00 bits per heavy atom. The SMILES string of the molecule is O=C(CSc1ncc(-c2ccccc2)n1Cc1ccc(F)cc1)Nc1ccc(Cl)cc1. The summed E-state index contributed by atoms with van der Waals surface area (Å²) in [5.74, 6) is -0.201. The van der Waals surface area contributed by atoms with Gasteiger partial charge >= 0.3 is 0 Å². The van der Waals surface area contributed by atoms with E-state index in [0.717, 1.165) is 22.0 Å². The van der Waals surface area contributed by atoms with Crippen molar-refractivity contribution in [2.24, 2.45) is 0 Å². The van der Waals surface area contributed by atoms with Gasteiger partial charge in [0, 0.05) is 10.7 Å². The molecule has 4 rings (SSSR count). The van der Waals surface area contributed by atoms with Crippen LogP contribution in [-0.4, -0.2) is 21.2 Å². The van der Waals surface area contributed by atoms with Gasteiger partial charge in [-0.15, -0.1) is 0 Å². The fraction of sp³-hybridized carbons (Fsp3) is 0.0833. The normalized spacial score (nSPS) is 10.8. The zero-order valence-corrected chi connectivity index (χ0v) is 18.0. The van der Waals surface area contributed by atoms with E-state index >= 15 is 0 Å². The molecule has 1 N–H and O–H groups in total. The summed E-state index contributed by atoms with van der Waals surface area (Å²) in [5, 5.41) is 4.19. The Balaban J connectivity index is 1.53. The van der Waals surface area contributed by atoms with Crippen LogP contribution in [0.25, 0.3) is 11.3 Å². The predicted octanol–water partition coefficient (Wildman–Crippen LogP) is 6.12. The Bertz CT molecular complexity index is 1160. The lowest BCUT2D eigenvalue weighted by Crippen LogP contribution is -2.14. The number of thioether (sulfide) groups is 1. The van der Waals surface area contributed by atoms with Gasteiger partial charge in [-0.2, -0.15) is 0 Å². The van der Waals surface area contributed by atoms with Gasteiger partial charge < -0.3 is 9.88 Å². The number of benzene rings is 3. The van der Waals surface area contributed by atoms with Crippen LogP contribution in [0.3, 0.4) is 0 Å². The molecule has 0 bridgehead atoms. The molecule has 1 aromatic heterocycles. The van der Waals surface area contributed by atoms with Crippen LogP contribution in [0.4, 0.5) is 10.1 Å². The van der Waals surface area contributed by atoms with Gasteiger partial charge in [-0.25, -0.2) is 9.37 Å². The molecule has 156 valence electrons. The van der Waals surface area contributed by atoms with Gasteiger partial charge in [-0.3, -0.25) is 4.79 Å². The summed E-state index contributed by atoms with van der Waals surface area (Å²) in [6.07, 6.45) is 1.80. The molecule has 1 amide bonds. The van der Waals surface area contributed by atoms with Crippen LogP contribution in [0.5, 0.6) is 0 Å². The number of imidazole rings is 1. The zero-order valence-electron chi connectivity index (χ0n) is 16.5. The Morgan fingerprint density at radius 2 is 1.71 bits per heavy atom. The van der Waals surface area contributed by atoms with Crippen molar-refractivity contribution in [1.82, 2.24) is 9.55 Å². The number of aromatic nitrogens is 2. The Kier molecular flexibility index (Phi) is 6.70. The van der Waals surface area contributed by atoms with Gasteiger partial charge in [0.15, 0.2) is 5.16 Å². The molecule has 0 aliphatic rings. The van der Waals surface area contributed by atoms with Crippen LogP contribution in [-0.2, 0) is 11.3 Å². The van der Waals surface area contributed by atoms with E-state index in [4.69, 9.17) is 11.6 Å². The average Bonchev–Trinajstić information content (AvgIpc) is 3.18. The van der Waals surface area contributed by atoms with E-state index in [2.05, 4.69) is 10.3 Å². The highest BCUT2D eigenvalue weighted by molar-refractivity contribution is 7.99. The molecule has 0 aliphatic carbocycles. The topological polar surface area (TPSA) is 46.9 Å². The summed E-state index contributed by atoms with van der Waals surface area (Å²) >= 11 is 7.24. The fourth-order valence-electron chi connectivity index (χ4n) is 3.10. The zero-order chi connectivity index (χ0) is 21.6. The van der Waals surface area contributed by atoms with E-state index in [1.54, 1.807) is 42.6 Å². The number of anilines is 1. The van der Waals surface area contributed by atoms with Crippen molar-refractivity contribution >= 4 is 35.0 Å². The maximum Gasteiger partial charge on any atom is 0.234 e. The number of carbonyl (C=O) groups is 1. The number of nitrogens with zero attached hydrogens (tertiary/aromatic N) is 2. The first-order valence-corrected chi connectivity index (χ1v) is 11.0. The summed E-state index contributed by atoms with van der Waals surface area (Å²) in [4.78, 5) is 17.0. The van der Waals surface area contributed by atoms with E-state index in [-0.39, 0.29) is 17.5 Å². The van der Waals surface area contributed by atoms with Crippen molar-refractivity contribution in [3.05, 3.63) is 101 Å². The van der Waals surface area contributed by atoms with Crippen molar-refractivity contribution < 1.29 is 9.18 Å². The number of nitrogens with one attached hydrogen (secondary N) is 1. The molecule has 1 heterocycles. The third kappa shape index (κ3) is 5.54. The summed E-state index contributed by atoms with van der Waals surface area (Å²) < 4.78 is 15.4. The Hall–Kier alpha value is -3.09. The first-order valence-electron chi connectivity index (χ1n) is 9.62. The van der Waals surface area contributed by atoms with Crippen molar-refractivity contribution in [2.45, 2.75) is 11.7 Å². The monoisotopic (exact) mass is 451 g/mol. The molecule has 4 nitrogen and oxygen atoms in total. The van der Waals surface area contributed by atoms with Gasteiger partial charge in [0.1, 0.15) is 5.82 Å². The van der Waals surface area contributed by atoms with Crippen LogP contribution < -0.4 is 5.32 Å². The number of hydrogen-bond donors (Lipinski definition) is 1. The highest BCUT2D eigenvalue weighted by Gasteiger charge is 2.14. The largest absolute Gasteiger partial charge is 0.325 e. The van der Waals surface area contributed by atoms with E-state index in [1.165, 1.54) is 23.9 Å². The Labute approximate surface area is 189 Å². The minimum atomic E-state index is -0.272. The smallest absolute Gasteiger partial charge is 0.234 e. The van der Waals surface area contributed by atoms with E-state index in [0.29, 0.717) is 17.3 Å². The number of carbonyl (C=O) groups excluding carboxylic acids is 1. The molecule has 0 fully saturated rings. The van der Waals surface area contributed by atoms with Crippen LogP contribution in [0.1, 0.15) is 5.56 Å². The lowest BCUT2D eigenvalue weighted by Gasteiger charge is -2.12. The molecule has 0 unspecified atom stereocenters. The molecule has 3 aromatic carbocycles. The quantitative estimate of drug-likeness (QED) is 0.344. The fourth-order valence-corrected chi connectivity index (χ4v) is 4.00. The molecule has 4 aromatic rings. The maximum atomic E-state index is 13.3. The predicted molar refractivity (Wildman–Crippen MR) is 124 cm³/mol. The molecule has 0 spiro atoms. The summed E-state index contributed by atoms with van der Waals surface area (Å²) in [5.41, 5.74) is 3.60. The molecular formula is C24H19ClFN3OS. The molecule has 7 heteroatoms. The summed E-state index contributed by atoms with van der Waals surface area (Å²) in [6, 6.07) is 23.3. The number of hydrogen-bond acceptors (Lipinski definition) is 3. The number of halogens is 2. The molecule has 0 saturated carbocycles. The number of amides is 1. The van der Waals surface area contributed by atoms with Crippen LogP contribution >= 0.6 is 23.4 Å². The van der Waals surface area contributed by atoms with Crippen molar-refractivity contribution in [2.75, 3.05) is 11.1 Å². The Morgan fingerprint density at radius 3 is 2.42 bits per heavy atom. The minimum Gasteiger partial charge on any atom is -0.325 e. The van der Waals surface area contributed by atoms with Gasteiger partial charge in [-0.1, -0.05) is 65.8 Å². The van der Waals surface area contributed by atoms with Crippen molar-refractivity contribution in [3.63, 3.8) is 0 Å². The van der Waals surface area contributed by atoms with Crippen molar-refractivity contribution in [3.8, 4) is 11.3 Å². The highest BCUT2D eigenvalue weighted by atomic mass is 35.5. The lowest BCUT2D eigenvalue weighted by atomic mass is 10.1. The van der Waals surface area contributed by atoms with Crippen molar-refractivity contribution in [1.29, 1.82) is 0 Å². The summed E-state index contributed by atoms with van der Waals surface area (Å²) in [6.45, 7) is 0.519. The third-order valence-corrected chi connectivity index (χ3v) is 5.85. The molecule has 31 heavy (non-hydrogen) atoms. The van der Waals surface area contributed by atoms with E-state index < -0.39 is 0 Å².